The van der Waals surface area contributed by atoms with Crippen molar-refractivity contribution in [1.29, 1.82) is 0 Å². The second-order valence-electron chi connectivity index (χ2n) is 5.19. The van der Waals surface area contributed by atoms with Crippen molar-refractivity contribution < 1.29 is 4.74 Å². The molecule has 1 aliphatic heterocycles. The summed E-state index contributed by atoms with van der Waals surface area (Å²) >= 11 is 1.66. The normalized spacial score (nSPS) is 16.7. The summed E-state index contributed by atoms with van der Waals surface area (Å²) in [6, 6.07) is 12.2. The number of rotatable bonds is 2. The van der Waals surface area contributed by atoms with Crippen LogP contribution in [0.15, 0.2) is 36.4 Å². The molecule has 1 aliphatic rings. The van der Waals surface area contributed by atoms with E-state index in [1.165, 1.54) is 5.56 Å². The van der Waals surface area contributed by atoms with Crippen LogP contribution in [0, 0.1) is 6.92 Å². The number of nitrogens with zero attached hydrogens (tertiary/aromatic N) is 1. The van der Waals surface area contributed by atoms with Crippen LogP contribution in [0.25, 0.3) is 10.2 Å². The van der Waals surface area contributed by atoms with Crippen molar-refractivity contribution in [1.82, 2.24) is 4.98 Å². The van der Waals surface area contributed by atoms with E-state index in [1.807, 2.05) is 37.3 Å². The third kappa shape index (κ3) is 2.10. The standard InChI is InChI=1S/C16H15N3OS/c1-9-18-13-7-12(11(17)6-16(13)21-9)19-14-8-20-15-5-3-2-4-10(14)15/h2-7,14,19H,8,17H2,1H3. The highest BCUT2D eigenvalue weighted by Crippen LogP contribution is 2.37. The van der Waals surface area contributed by atoms with Gasteiger partial charge in [-0.3, -0.25) is 0 Å². The van der Waals surface area contributed by atoms with Gasteiger partial charge >= 0.3 is 0 Å². The Morgan fingerprint density at radius 1 is 1.33 bits per heavy atom. The number of hydrogen-bond acceptors (Lipinski definition) is 5. The molecule has 1 atom stereocenters. The van der Waals surface area contributed by atoms with Crippen molar-refractivity contribution >= 4 is 32.9 Å². The fraction of sp³-hybridized carbons (Fsp3) is 0.188. The van der Waals surface area contributed by atoms with Crippen molar-refractivity contribution in [3.8, 4) is 5.75 Å². The number of nitrogens with one attached hydrogen (secondary N) is 1. The topological polar surface area (TPSA) is 60.2 Å². The number of para-hydroxylation sites is 1. The minimum Gasteiger partial charge on any atom is -0.491 e. The molecule has 2 heterocycles. The molecule has 0 fully saturated rings. The Hall–Kier alpha value is -2.27. The molecule has 0 saturated carbocycles. The lowest BCUT2D eigenvalue weighted by atomic mass is 10.1. The first-order valence-corrected chi connectivity index (χ1v) is 7.67. The van der Waals surface area contributed by atoms with E-state index in [9.17, 15) is 0 Å². The Bertz CT molecular complexity index is 828. The Labute approximate surface area is 126 Å². The van der Waals surface area contributed by atoms with Gasteiger partial charge in [-0.25, -0.2) is 4.98 Å². The minimum atomic E-state index is 0.126. The Kier molecular flexibility index (Phi) is 2.75. The quantitative estimate of drug-likeness (QED) is 0.708. The zero-order valence-corrected chi connectivity index (χ0v) is 12.4. The third-order valence-electron chi connectivity index (χ3n) is 3.70. The van der Waals surface area contributed by atoms with Gasteiger partial charge in [0.15, 0.2) is 0 Å². The van der Waals surface area contributed by atoms with Crippen LogP contribution in [-0.4, -0.2) is 11.6 Å². The molecule has 5 heteroatoms. The molecule has 0 saturated heterocycles. The highest BCUT2D eigenvalue weighted by molar-refractivity contribution is 7.18. The number of aryl methyl sites for hydroxylation is 1. The first kappa shape index (κ1) is 12.5. The summed E-state index contributed by atoms with van der Waals surface area (Å²) < 4.78 is 6.82. The number of nitrogens with two attached hydrogens (primary N) is 1. The first-order valence-electron chi connectivity index (χ1n) is 6.85. The van der Waals surface area contributed by atoms with Gasteiger partial charge in [-0.15, -0.1) is 11.3 Å². The summed E-state index contributed by atoms with van der Waals surface area (Å²) in [5.41, 5.74) is 9.99. The number of aromatic nitrogens is 1. The van der Waals surface area contributed by atoms with Gasteiger partial charge < -0.3 is 15.8 Å². The lowest BCUT2D eigenvalue weighted by Gasteiger charge is -2.15. The molecule has 1 aromatic heterocycles. The van der Waals surface area contributed by atoms with Gasteiger partial charge in [0.2, 0.25) is 0 Å². The van der Waals surface area contributed by atoms with Gasteiger partial charge in [0.1, 0.15) is 12.4 Å². The molecule has 4 rings (SSSR count). The SMILES string of the molecule is Cc1nc2cc(NC3COc4ccccc43)c(N)cc2s1. The van der Waals surface area contributed by atoms with Gasteiger partial charge in [-0.05, 0) is 25.1 Å². The van der Waals surface area contributed by atoms with Crippen LogP contribution in [-0.2, 0) is 0 Å². The lowest BCUT2D eigenvalue weighted by molar-refractivity contribution is 0.340. The Morgan fingerprint density at radius 3 is 3.10 bits per heavy atom. The van der Waals surface area contributed by atoms with E-state index in [0.717, 1.165) is 32.3 Å². The molecule has 2 aromatic carbocycles. The van der Waals surface area contributed by atoms with E-state index in [-0.39, 0.29) is 6.04 Å². The van der Waals surface area contributed by atoms with Crippen molar-refractivity contribution in [3.05, 3.63) is 47.0 Å². The van der Waals surface area contributed by atoms with E-state index in [0.29, 0.717) is 6.61 Å². The Morgan fingerprint density at radius 2 is 2.19 bits per heavy atom. The largest absolute Gasteiger partial charge is 0.491 e. The van der Waals surface area contributed by atoms with Crippen LogP contribution < -0.4 is 15.8 Å². The number of hydrogen-bond donors (Lipinski definition) is 2. The van der Waals surface area contributed by atoms with Crippen molar-refractivity contribution in [2.45, 2.75) is 13.0 Å². The molecular formula is C16H15N3OS. The predicted molar refractivity (Wildman–Crippen MR) is 87.1 cm³/mol. The zero-order valence-electron chi connectivity index (χ0n) is 11.6. The molecule has 0 aliphatic carbocycles. The van der Waals surface area contributed by atoms with Gasteiger partial charge in [0, 0.05) is 5.56 Å². The molecule has 0 bridgehead atoms. The number of fused-ring (bicyclic) bond motifs is 2. The lowest BCUT2D eigenvalue weighted by Crippen LogP contribution is -2.13. The first-order chi connectivity index (χ1) is 10.2. The fourth-order valence-corrected chi connectivity index (χ4v) is 3.56. The van der Waals surface area contributed by atoms with Gasteiger partial charge in [0.25, 0.3) is 0 Å². The summed E-state index contributed by atoms with van der Waals surface area (Å²) in [4.78, 5) is 4.53. The third-order valence-corrected chi connectivity index (χ3v) is 4.63. The van der Waals surface area contributed by atoms with E-state index < -0.39 is 0 Å². The van der Waals surface area contributed by atoms with E-state index in [4.69, 9.17) is 10.5 Å². The maximum absolute atomic E-state index is 6.17. The molecule has 1 unspecified atom stereocenters. The summed E-state index contributed by atoms with van der Waals surface area (Å²) in [5, 5.41) is 4.53. The molecule has 21 heavy (non-hydrogen) atoms. The van der Waals surface area contributed by atoms with Crippen LogP contribution in [0.4, 0.5) is 11.4 Å². The molecule has 3 aromatic rings. The van der Waals surface area contributed by atoms with Gasteiger partial charge in [-0.1, -0.05) is 18.2 Å². The van der Waals surface area contributed by atoms with Crippen molar-refractivity contribution in [2.24, 2.45) is 0 Å². The highest BCUT2D eigenvalue weighted by Gasteiger charge is 2.24. The number of anilines is 2. The molecule has 0 radical (unpaired) electrons. The maximum Gasteiger partial charge on any atom is 0.124 e. The molecule has 0 spiro atoms. The highest BCUT2D eigenvalue weighted by atomic mass is 32.1. The molecule has 3 N–H and O–H groups in total. The van der Waals surface area contributed by atoms with Crippen molar-refractivity contribution in [3.63, 3.8) is 0 Å². The number of thiazole rings is 1. The van der Waals surface area contributed by atoms with Crippen LogP contribution in [0.5, 0.6) is 5.75 Å². The predicted octanol–water partition coefficient (Wildman–Crippen LogP) is 3.73. The minimum absolute atomic E-state index is 0.126. The molecular weight excluding hydrogens is 282 g/mol. The fourth-order valence-electron chi connectivity index (χ4n) is 2.70. The van der Waals surface area contributed by atoms with Crippen LogP contribution in [0.2, 0.25) is 0 Å². The number of benzene rings is 2. The number of ether oxygens (including phenoxy) is 1. The summed E-state index contributed by atoms with van der Waals surface area (Å²) in [6.45, 7) is 2.63. The molecule has 4 nitrogen and oxygen atoms in total. The maximum atomic E-state index is 6.17. The second kappa shape index (κ2) is 4.63. The molecule has 0 amide bonds. The van der Waals surface area contributed by atoms with Crippen LogP contribution >= 0.6 is 11.3 Å². The van der Waals surface area contributed by atoms with Gasteiger partial charge in [0.05, 0.1) is 32.6 Å². The smallest absolute Gasteiger partial charge is 0.124 e. The van der Waals surface area contributed by atoms with E-state index >= 15 is 0 Å². The average Bonchev–Trinajstić information content (AvgIpc) is 3.02. The number of nitrogen functional groups attached to an aromatic ring is 1. The van der Waals surface area contributed by atoms with Crippen LogP contribution in [0.1, 0.15) is 16.6 Å². The van der Waals surface area contributed by atoms with E-state index in [2.05, 4.69) is 16.4 Å². The monoisotopic (exact) mass is 297 g/mol. The van der Waals surface area contributed by atoms with E-state index in [1.54, 1.807) is 11.3 Å². The molecule has 106 valence electrons. The average molecular weight is 297 g/mol. The Balaban J connectivity index is 1.70. The van der Waals surface area contributed by atoms with Crippen molar-refractivity contribution in [2.75, 3.05) is 17.7 Å². The zero-order chi connectivity index (χ0) is 14.4. The van der Waals surface area contributed by atoms with Gasteiger partial charge in [-0.2, -0.15) is 0 Å². The second-order valence-corrected chi connectivity index (χ2v) is 6.42. The summed E-state index contributed by atoms with van der Waals surface area (Å²) in [6.07, 6.45) is 0. The summed E-state index contributed by atoms with van der Waals surface area (Å²) in [7, 11) is 0. The summed E-state index contributed by atoms with van der Waals surface area (Å²) in [5.74, 6) is 0.944. The van der Waals surface area contributed by atoms with Crippen LogP contribution in [0.3, 0.4) is 0 Å².